The van der Waals surface area contributed by atoms with Gasteiger partial charge in [-0.1, -0.05) is 54.1 Å². The van der Waals surface area contributed by atoms with Crippen LogP contribution in [0.2, 0.25) is 0 Å². The molecule has 1 aromatic heterocycles. The highest BCUT2D eigenvalue weighted by Gasteiger charge is 2.25. The van der Waals surface area contributed by atoms with Gasteiger partial charge >= 0.3 is 5.97 Å². The number of carbonyl (C=O) groups excluding carboxylic acids is 2. The zero-order valence-electron chi connectivity index (χ0n) is 15.5. The molecule has 0 aliphatic heterocycles. The number of aryl methyl sites for hydroxylation is 1. The minimum Gasteiger partial charge on any atom is -0.447 e. The van der Waals surface area contributed by atoms with E-state index in [-0.39, 0.29) is 11.7 Å². The zero-order chi connectivity index (χ0) is 19.8. The molecule has 144 valence electrons. The van der Waals surface area contributed by atoms with Gasteiger partial charge in [-0.2, -0.15) is 0 Å². The van der Waals surface area contributed by atoms with Crippen molar-refractivity contribution in [3.63, 3.8) is 0 Å². The number of anilines is 1. The lowest BCUT2D eigenvalue weighted by Crippen LogP contribution is -2.26. The van der Waals surface area contributed by atoms with Gasteiger partial charge in [0.2, 0.25) is 6.10 Å². The summed E-state index contributed by atoms with van der Waals surface area (Å²) in [6, 6.07) is 20.6. The second kappa shape index (κ2) is 10.1. The van der Waals surface area contributed by atoms with Crippen LogP contribution in [-0.2, 0) is 20.1 Å². The van der Waals surface area contributed by atoms with Gasteiger partial charge in [0.05, 0.1) is 5.75 Å². The number of rotatable bonds is 8. The van der Waals surface area contributed by atoms with Crippen molar-refractivity contribution in [2.75, 3.05) is 11.1 Å². The van der Waals surface area contributed by atoms with E-state index in [4.69, 9.17) is 4.74 Å². The van der Waals surface area contributed by atoms with E-state index in [0.29, 0.717) is 11.3 Å². The second-order valence-corrected chi connectivity index (χ2v) is 8.23. The number of hydrogen-bond donors (Lipinski definition) is 1. The summed E-state index contributed by atoms with van der Waals surface area (Å²) < 4.78 is 5.55. The Kier molecular flexibility index (Phi) is 7.28. The Morgan fingerprint density at radius 1 is 1.04 bits per heavy atom. The third kappa shape index (κ3) is 5.97. The molecule has 4 nitrogen and oxygen atoms in total. The second-order valence-electron chi connectivity index (χ2n) is 6.21. The highest BCUT2D eigenvalue weighted by Crippen LogP contribution is 2.22. The van der Waals surface area contributed by atoms with Gasteiger partial charge in [-0.15, -0.1) is 23.1 Å². The molecule has 0 unspecified atom stereocenters. The summed E-state index contributed by atoms with van der Waals surface area (Å²) in [7, 11) is 0. The summed E-state index contributed by atoms with van der Waals surface area (Å²) in [5, 5.41) is 4.84. The Morgan fingerprint density at radius 3 is 2.46 bits per heavy atom. The molecule has 1 amide bonds. The number of nitrogens with one attached hydrogen (secondary N) is 1. The Morgan fingerprint density at radius 2 is 1.79 bits per heavy atom. The van der Waals surface area contributed by atoms with Crippen LogP contribution in [0.1, 0.15) is 22.1 Å². The largest absolute Gasteiger partial charge is 0.447 e. The first-order valence-corrected chi connectivity index (χ1v) is 10.9. The molecule has 0 bridgehead atoms. The molecule has 0 saturated carbocycles. The Bertz CT molecular complexity index is 893. The first-order chi connectivity index (χ1) is 13.6. The lowest BCUT2D eigenvalue weighted by Gasteiger charge is -2.18. The molecule has 0 radical (unpaired) electrons. The van der Waals surface area contributed by atoms with E-state index < -0.39 is 12.1 Å². The smallest absolute Gasteiger partial charge is 0.317 e. The Balaban J connectivity index is 1.63. The number of ether oxygens (including phenoxy) is 1. The molecule has 0 spiro atoms. The summed E-state index contributed by atoms with van der Waals surface area (Å²) in [6.07, 6.45) is -0.989. The quantitative estimate of drug-likeness (QED) is 0.517. The van der Waals surface area contributed by atoms with Gasteiger partial charge in [0.1, 0.15) is 0 Å². The van der Waals surface area contributed by atoms with Gasteiger partial charge in [-0.05, 0) is 30.5 Å². The first-order valence-electron chi connectivity index (χ1n) is 8.84. The van der Waals surface area contributed by atoms with Crippen molar-refractivity contribution in [1.82, 2.24) is 0 Å². The van der Waals surface area contributed by atoms with Crippen molar-refractivity contribution in [3.05, 3.63) is 88.1 Å². The zero-order valence-corrected chi connectivity index (χ0v) is 17.1. The van der Waals surface area contributed by atoms with Gasteiger partial charge in [0.15, 0.2) is 0 Å². The number of benzene rings is 2. The maximum absolute atomic E-state index is 12.8. The molecule has 0 aliphatic rings. The number of amides is 1. The van der Waals surface area contributed by atoms with E-state index in [1.54, 1.807) is 23.5 Å². The van der Waals surface area contributed by atoms with Crippen molar-refractivity contribution in [2.24, 2.45) is 0 Å². The molecule has 3 rings (SSSR count). The standard InChI is InChI=1S/C22H21NO3S2/c1-16-9-11-18(12-10-16)23-22(25)21(17-6-3-2-4-7-17)26-20(24)15-27-14-19-8-5-13-28-19/h2-13,21H,14-15H2,1H3,(H,23,25)/t21-/m1/s1. The monoisotopic (exact) mass is 411 g/mol. The molecule has 0 aliphatic carbocycles. The molecule has 3 aromatic rings. The molecule has 1 N–H and O–H groups in total. The van der Waals surface area contributed by atoms with E-state index >= 15 is 0 Å². The SMILES string of the molecule is Cc1ccc(NC(=O)[C@H](OC(=O)CSCc2cccs2)c2ccccc2)cc1. The fourth-order valence-corrected chi connectivity index (χ4v) is 4.19. The van der Waals surface area contributed by atoms with Crippen molar-refractivity contribution in [1.29, 1.82) is 0 Å². The molecule has 2 aromatic carbocycles. The highest BCUT2D eigenvalue weighted by atomic mass is 32.2. The van der Waals surface area contributed by atoms with Gasteiger partial charge < -0.3 is 10.1 Å². The summed E-state index contributed by atoms with van der Waals surface area (Å²) >= 11 is 3.13. The van der Waals surface area contributed by atoms with Crippen LogP contribution in [0.15, 0.2) is 72.1 Å². The molecular weight excluding hydrogens is 390 g/mol. The van der Waals surface area contributed by atoms with Crippen LogP contribution in [0.25, 0.3) is 0 Å². The third-order valence-corrected chi connectivity index (χ3v) is 5.97. The Hall–Kier alpha value is -2.57. The Labute approximate surface area is 172 Å². The highest BCUT2D eigenvalue weighted by molar-refractivity contribution is 7.99. The molecule has 6 heteroatoms. The van der Waals surface area contributed by atoms with Crippen molar-refractivity contribution in [2.45, 2.75) is 18.8 Å². The first kappa shape index (κ1) is 20.2. The topological polar surface area (TPSA) is 55.4 Å². The number of esters is 1. The minimum atomic E-state index is -0.989. The minimum absolute atomic E-state index is 0.193. The van der Waals surface area contributed by atoms with Crippen LogP contribution >= 0.6 is 23.1 Å². The molecular formula is C22H21NO3S2. The van der Waals surface area contributed by atoms with Crippen LogP contribution in [-0.4, -0.2) is 17.6 Å². The summed E-state index contributed by atoms with van der Waals surface area (Å²) in [5.41, 5.74) is 2.41. The van der Waals surface area contributed by atoms with Crippen LogP contribution in [0.4, 0.5) is 5.69 Å². The van der Waals surface area contributed by atoms with Crippen LogP contribution in [0.3, 0.4) is 0 Å². The number of carbonyl (C=O) groups is 2. The van der Waals surface area contributed by atoms with E-state index in [1.807, 2.05) is 66.9 Å². The van der Waals surface area contributed by atoms with E-state index in [1.165, 1.54) is 16.6 Å². The number of thioether (sulfide) groups is 1. The predicted octanol–water partition coefficient (Wildman–Crippen LogP) is 5.21. The average molecular weight is 412 g/mol. The third-order valence-electron chi connectivity index (χ3n) is 3.95. The summed E-state index contributed by atoms with van der Waals surface area (Å²) in [4.78, 5) is 26.3. The van der Waals surface area contributed by atoms with Crippen LogP contribution in [0, 0.1) is 6.92 Å². The summed E-state index contributed by atoms with van der Waals surface area (Å²) in [5.74, 6) is 0.165. The molecule has 28 heavy (non-hydrogen) atoms. The molecule has 0 fully saturated rings. The van der Waals surface area contributed by atoms with Crippen molar-refractivity contribution in [3.8, 4) is 0 Å². The van der Waals surface area contributed by atoms with Crippen LogP contribution in [0.5, 0.6) is 0 Å². The predicted molar refractivity (Wildman–Crippen MR) is 116 cm³/mol. The van der Waals surface area contributed by atoms with Gasteiger partial charge in [-0.25, -0.2) is 0 Å². The molecule has 1 atom stereocenters. The lowest BCUT2D eigenvalue weighted by atomic mass is 10.1. The summed E-state index contributed by atoms with van der Waals surface area (Å²) in [6.45, 7) is 1.98. The molecule has 1 heterocycles. The van der Waals surface area contributed by atoms with E-state index in [0.717, 1.165) is 11.3 Å². The number of thiophene rings is 1. The van der Waals surface area contributed by atoms with E-state index in [2.05, 4.69) is 5.32 Å². The van der Waals surface area contributed by atoms with Gasteiger partial charge in [0.25, 0.3) is 5.91 Å². The normalized spacial score (nSPS) is 11.6. The van der Waals surface area contributed by atoms with Crippen LogP contribution < -0.4 is 5.32 Å². The maximum atomic E-state index is 12.8. The fraction of sp³-hybridized carbons (Fsp3) is 0.182. The van der Waals surface area contributed by atoms with E-state index in [9.17, 15) is 9.59 Å². The van der Waals surface area contributed by atoms with Crippen molar-refractivity contribution >= 4 is 40.7 Å². The van der Waals surface area contributed by atoms with Gasteiger partial charge in [-0.3, -0.25) is 9.59 Å². The lowest BCUT2D eigenvalue weighted by molar-refractivity contribution is -0.152. The molecule has 0 saturated heterocycles. The van der Waals surface area contributed by atoms with Crippen molar-refractivity contribution < 1.29 is 14.3 Å². The fourth-order valence-electron chi connectivity index (χ4n) is 2.54. The van der Waals surface area contributed by atoms with Gasteiger partial charge in [0, 0.05) is 21.9 Å². The maximum Gasteiger partial charge on any atom is 0.317 e. The average Bonchev–Trinajstić information content (AvgIpc) is 3.22. The number of hydrogen-bond acceptors (Lipinski definition) is 5.